The highest BCUT2D eigenvalue weighted by molar-refractivity contribution is 5.88. The Hall–Kier alpha value is -1.92. The number of benzene rings is 1. The van der Waals surface area contributed by atoms with E-state index >= 15 is 0 Å². The molecule has 1 unspecified atom stereocenters. The quantitative estimate of drug-likeness (QED) is 0.780. The number of nitrogens with zero attached hydrogens (tertiary/aromatic N) is 3. The number of piperidine rings is 1. The highest BCUT2D eigenvalue weighted by Gasteiger charge is 2.51. The van der Waals surface area contributed by atoms with E-state index in [1.165, 1.54) is 0 Å². The molecule has 29 heavy (non-hydrogen) atoms. The van der Waals surface area contributed by atoms with Crippen LogP contribution in [0.25, 0.3) is 0 Å². The molecule has 1 spiro atoms. The van der Waals surface area contributed by atoms with Crippen molar-refractivity contribution in [3.63, 3.8) is 0 Å². The molecule has 3 aliphatic rings. The summed E-state index contributed by atoms with van der Waals surface area (Å²) >= 11 is 0. The standard InChI is InChI=1S/C23H33N3O3/c1-18-14-25(15-19(2)29-18)21(27)17-26-13-7-11-23(26)10-6-12-24(22(23)28)16-20-8-4-3-5-9-20/h3-5,8-9,18-19H,6-7,10-17H2,1-2H3/t18-,19+,23?. The van der Waals surface area contributed by atoms with E-state index in [1.54, 1.807) is 0 Å². The Labute approximate surface area is 173 Å². The Balaban J connectivity index is 1.45. The van der Waals surface area contributed by atoms with Gasteiger partial charge in [0.05, 0.1) is 18.8 Å². The van der Waals surface area contributed by atoms with Crippen molar-refractivity contribution in [2.75, 3.05) is 32.7 Å². The summed E-state index contributed by atoms with van der Waals surface area (Å²) in [6.07, 6.45) is 3.82. The number of likely N-dealkylation sites (tertiary alicyclic amines) is 2. The lowest BCUT2D eigenvalue weighted by molar-refractivity contribution is -0.153. The molecule has 0 N–H and O–H groups in total. The molecular formula is C23H33N3O3. The Morgan fingerprint density at radius 1 is 1.07 bits per heavy atom. The molecule has 4 rings (SSSR count). The Morgan fingerprint density at radius 2 is 1.72 bits per heavy atom. The first kappa shape index (κ1) is 20.4. The molecule has 0 aliphatic carbocycles. The molecule has 3 saturated heterocycles. The van der Waals surface area contributed by atoms with Gasteiger partial charge in [-0.25, -0.2) is 0 Å². The molecule has 0 saturated carbocycles. The third-order valence-corrected chi connectivity index (χ3v) is 6.64. The number of amides is 2. The van der Waals surface area contributed by atoms with E-state index in [2.05, 4.69) is 17.0 Å². The number of morpholine rings is 1. The number of ether oxygens (including phenoxy) is 1. The van der Waals surface area contributed by atoms with Crippen LogP contribution in [0.3, 0.4) is 0 Å². The second-order valence-corrected chi connectivity index (χ2v) is 8.93. The Morgan fingerprint density at radius 3 is 2.41 bits per heavy atom. The average Bonchev–Trinajstić information content (AvgIpc) is 3.08. The predicted molar refractivity (Wildman–Crippen MR) is 111 cm³/mol. The van der Waals surface area contributed by atoms with Crippen molar-refractivity contribution >= 4 is 11.8 Å². The first-order chi connectivity index (χ1) is 14.0. The van der Waals surface area contributed by atoms with E-state index in [1.807, 2.05) is 41.8 Å². The van der Waals surface area contributed by atoms with Gasteiger partial charge in [0.15, 0.2) is 0 Å². The minimum Gasteiger partial charge on any atom is -0.372 e. The topological polar surface area (TPSA) is 53.1 Å². The average molecular weight is 400 g/mol. The van der Waals surface area contributed by atoms with Crippen LogP contribution in [-0.2, 0) is 20.9 Å². The Bertz CT molecular complexity index is 730. The van der Waals surface area contributed by atoms with Gasteiger partial charge >= 0.3 is 0 Å². The summed E-state index contributed by atoms with van der Waals surface area (Å²) in [5, 5.41) is 0. The van der Waals surface area contributed by atoms with Gasteiger partial charge in [0.1, 0.15) is 5.54 Å². The van der Waals surface area contributed by atoms with E-state index in [-0.39, 0.29) is 24.0 Å². The fourth-order valence-corrected chi connectivity index (χ4v) is 5.35. The van der Waals surface area contributed by atoms with Crippen LogP contribution in [-0.4, -0.2) is 77.0 Å². The molecule has 0 radical (unpaired) electrons. The van der Waals surface area contributed by atoms with Gasteiger partial charge in [0.2, 0.25) is 11.8 Å². The van der Waals surface area contributed by atoms with Gasteiger partial charge in [-0.15, -0.1) is 0 Å². The maximum Gasteiger partial charge on any atom is 0.243 e. The number of hydrogen-bond donors (Lipinski definition) is 0. The summed E-state index contributed by atoms with van der Waals surface area (Å²) in [5.74, 6) is 0.336. The minimum absolute atomic E-state index is 0.0629. The number of carbonyl (C=O) groups excluding carboxylic acids is 2. The lowest BCUT2D eigenvalue weighted by atomic mass is 9.85. The molecule has 3 fully saturated rings. The molecule has 6 heteroatoms. The van der Waals surface area contributed by atoms with Crippen LogP contribution < -0.4 is 0 Å². The molecule has 3 atom stereocenters. The molecule has 2 amide bonds. The summed E-state index contributed by atoms with van der Waals surface area (Å²) in [7, 11) is 0. The van der Waals surface area contributed by atoms with E-state index in [0.717, 1.165) is 44.3 Å². The molecule has 158 valence electrons. The summed E-state index contributed by atoms with van der Waals surface area (Å²) in [6, 6.07) is 10.2. The van der Waals surface area contributed by atoms with Crippen molar-refractivity contribution in [2.45, 2.75) is 63.8 Å². The zero-order valence-electron chi connectivity index (χ0n) is 17.7. The molecule has 3 heterocycles. The van der Waals surface area contributed by atoms with Crippen LogP contribution in [0.1, 0.15) is 45.1 Å². The highest BCUT2D eigenvalue weighted by atomic mass is 16.5. The molecule has 6 nitrogen and oxygen atoms in total. The summed E-state index contributed by atoms with van der Waals surface area (Å²) < 4.78 is 5.77. The van der Waals surface area contributed by atoms with Crippen molar-refractivity contribution in [1.29, 1.82) is 0 Å². The van der Waals surface area contributed by atoms with Crippen molar-refractivity contribution < 1.29 is 14.3 Å². The third kappa shape index (κ3) is 4.19. The van der Waals surface area contributed by atoms with Crippen LogP contribution in [0.4, 0.5) is 0 Å². The van der Waals surface area contributed by atoms with Crippen molar-refractivity contribution in [2.24, 2.45) is 0 Å². The maximum absolute atomic E-state index is 13.6. The van der Waals surface area contributed by atoms with Gasteiger partial charge in [0, 0.05) is 26.2 Å². The fourth-order valence-electron chi connectivity index (χ4n) is 5.35. The summed E-state index contributed by atoms with van der Waals surface area (Å²) in [4.78, 5) is 32.7. The van der Waals surface area contributed by atoms with Crippen LogP contribution in [0, 0.1) is 0 Å². The van der Waals surface area contributed by atoms with Gasteiger partial charge < -0.3 is 14.5 Å². The monoisotopic (exact) mass is 399 g/mol. The number of rotatable bonds is 4. The molecule has 1 aromatic rings. The van der Waals surface area contributed by atoms with Gasteiger partial charge in [0.25, 0.3) is 0 Å². The van der Waals surface area contributed by atoms with E-state index in [4.69, 9.17) is 4.74 Å². The SMILES string of the molecule is C[C@@H]1CN(C(=O)CN2CCCC23CCCN(Cc2ccccc2)C3=O)C[C@H](C)O1. The van der Waals surface area contributed by atoms with Crippen LogP contribution in [0.5, 0.6) is 0 Å². The third-order valence-electron chi connectivity index (χ3n) is 6.64. The lowest BCUT2D eigenvalue weighted by Gasteiger charge is -2.45. The Kier molecular flexibility index (Phi) is 5.93. The molecular weight excluding hydrogens is 366 g/mol. The van der Waals surface area contributed by atoms with Gasteiger partial charge in [-0.2, -0.15) is 0 Å². The second kappa shape index (κ2) is 8.44. The second-order valence-electron chi connectivity index (χ2n) is 8.93. The summed E-state index contributed by atoms with van der Waals surface area (Å²) in [5.41, 5.74) is 0.668. The first-order valence-electron chi connectivity index (χ1n) is 11.0. The van der Waals surface area contributed by atoms with Crippen LogP contribution in [0.15, 0.2) is 30.3 Å². The normalized spacial score (nSPS) is 30.9. The predicted octanol–water partition coefficient (Wildman–Crippen LogP) is 2.28. The van der Waals surface area contributed by atoms with Crippen molar-refractivity contribution in [3.05, 3.63) is 35.9 Å². The number of carbonyl (C=O) groups is 2. The van der Waals surface area contributed by atoms with E-state index < -0.39 is 5.54 Å². The highest BCUT2D eigenvalue weighted by Crippen LogP contribution is 2.38. The first-order valence-corrected chi connectivity index (χ1v) is 11.0. The zero-order valence-corrected chi connectivity index (χ0v) is 17.7. The molecule has 3 aliphatic heterocycles. The molecule has 1 aromatic carbocycles. The van der Waals surface area contributed by atoms with Crippen LogP contribution >= 0.6 is 0 Å². The van der Waals surface area contributed by atoms with E-state index in [9.17, 15) is 9.59 Å². The zero-order chi connectivity index (χ0) is 20.4. The molecule has 0 aromatic heterocycles. The molecule has 0 bridgehead atoms. The maximum atomic E-state index is 13.6. The minimum atomic E-state index is -0.494. The number of hydrogen-bond acceptors (Lipinski definition) is 4. The van der Waals surface area contributed by atoms with E-state index in [0.29, 0.717) is 26.2 Å². The van der Waals surface area contributed by atoms with Gasteiger partial charge in [-0.1, -0.05) is 30.3 Å². The van der Waals surface area contributed by atoms with Gasteiger partial charge in [-0.3, -0.25) is 14.5 Å². The van der Waals surface area contributed by atoms with Crippen molar-refractivity contribution in [1.82, 2.24) is 14.7 Å². The smallest absolute Gasteiger partial charge is 0.243 e. The fraction of sp³-hybridized carbons (Fsp3) is 0.652. The largest absolute Gasteiger partial charge is 0.372 e. The van der Waals surface area contributed by atoms with Crippen molar-refractivity contribution in [3.8, 4) is 0 Å². The van der Waals surface area contributed by atoms with Gasteiger partial charge in [-0.05, 0) is 51.6 Å². The lowest BCUT2D eigenvalue weighted by Crippen LogP contribution is -2.61. The summed E-state index contributed by atoms with van der Waals surface area (Å²) in [6.45, 7) is 7.92. The van der Waals surface area contributed by atoms with Crippen LogP contribution in [0.2, 0.25) is 0 Å².